The highest BCUT2D eigenvalue weighted by molar-refractivity contribution is 7.92. The Balaban J connectivity index is 2.43. The third-order valence-electron chi connectivity index (χ3n) is 3.10. The second-order valence-corrected chi connectivity index (χ2v) is 7.07. The maximum Gasteiger partial charge on any atom is 0.235 e. The van der Waals surface area contributed by atoms with Crippen molar-refractivity contribution >= 4 is 15.7 Å². The lowest BCUT2D eigenvalue weighted by atomic mass is 10.1. The zero-order valence-electron chi connectivity index (χ0n) is 10.7. The molecule has 7 heteroatoms. The van der Waals surface area contributed by atoms with Crippen molar-refractivity contribution in [3.63, 3.8) is 0 Å². The number of carbonyl (C=O) groups excluding carboxylic acids is 1. The Morgan fingerprint density at radius 3 is 2.61 bits per heavy atom. The summed E-state index contributed by atoms with van der Waals surface area (Å²) < 4.78 is 28.8. The summed E-state index contributed by atoms with van der Waals surface area (Å²) in [5, 5.41) is 2.18. The minimum Gasteiger partial charge on any atom is -0.381 e. The van der Waals surface area contributed by atoms with Crippen LogP contribution in [0.25, 0.3) is 0 Å². The summed E-state index contributed by atoms with van der Waals surface area (Å²) in [5.41, 5.74) is 5.33. The van der Waals surface area contributed by atoms with Gasteiger partial charge in [0.05, 0.1) is 5.25 Å². The zero-order valence-corrected chi connectivity index (χ0v) is 11.5. The van der Waals surface area contributed by atoms with Crippen LogP contribution in [0, 0.1) is 0 Å². The van der Waals surface area contributed by atoms with Gasteiger partial charge in [0.1, 0.15) is 5.75 Å². The first-order valence-corrected chi connectivity index (χ1v) is 7.96. The van der Waals surface area contributed by atoms with Crippen molar-refractivity contribution in [3.05, 3.63) is 0 Å². The number of ether oxygens (including phenoxy) is 1. The molecule has 1 unspecified atom stereocenters. The van der Waals surface area contributed by atoms with E-state index >= 15 is 0 Å². The molecule has 1 saturated heterocycles. The average molecular weight is 278 g/mol. The summed E-state index contributed by atoms with van der Waals surface area (Å²) in [6, 6.07) is 0.0336. The monoisotopic (exact) mass is 278 g/mol. The highest BCUT2D eigenvalue weighted by Gasteiger charge is 2.25. The number of nitrogens with two attached hydrogens (primary N) is 1. The molecule has 0 aromatic rings. The molecule has 1 heterocycles. The quantitative estimate of drug-likeness (QED) is 0.678. The molecule has 6 nitrogen and oxygen atoms in total. The Kier molecular flexibility index (Phi) is 6.04. The minimum absolute atomic E-state index is 0.0336. The smallest absolute Gasteiger partial charge is 0.235 e. The molecule has 1 aliphatic heterocycles. The number of nitrogens with one attached hydrogen (secondary N) is 1. The lowest BCUT2D eigenvalue weighted by molar-refractivity contribution is -0.119. The van der Waals surface area contributed by atoms with Gasteiger partial charge >= 0.3 is 0 Å². The van der Waals surface area contributed by atoms with E-state index in [1.165, 1.54) is 0 Å². The van der Waals surface area contributed by atoms with E-state index < -0.39 is 26.7 Å². The van der Waals surface area contributed by atoms with Crippen molar-refractivity contribution in [3.8, 4) is 0 Å². The van der Waals surface area contributed by atoms with Crippen LogP contribution in [-0.4, -0.2) is 51.1 Å². The number of amides is 1. The predicted octanol–water partition coefficient (Wildman–Crippen LogP) is -0.566. The van der Waals surface area contributed by atoms with Crippen LogP contribution < -0.4 is 11.1 Å². The van der Waals surface area contributed by atoms with E-state index in [1.807, 2.05) is 0 Å². The van der Waals surface area contributed by atoms with Gasteiger partial charge in [-0.2, -0.15) is 0 Å². The average Bonchev–Trinajstić information content (AvgIpc) is 2.29. The van der Waals surface area contributed by atoms with Crippen LogP contribution in [0.15, 0.2) is 0 Å². The van der Waals surface area contributed by atoms with Crippen LogP contribution in [-0.2, 0) is 19.4 Å². The van der Waals surface area contributed by atoms with Crippen LogP contribution >= 0.6 is 0 Å². The lowest BCUT2D eigenvalue weighted by Gasteiger charge is -2.23. The van der Waals surface area contributed by atoms with Crippen LogP contribution in [0.5, 0.6) is 0 Å². The Morgan fingerprint density at radius 1 is 1.44 bits per heavy atom. The van der Waals surface area contributed by atoms with Gasteiger partial charge in [0, 0.05) is 19.3 Å². The first-order chi connectivity index (χ1) is 8.45. The van der Waals surface area contributed by atoms with Crippen molar-refractivity contribution in [1.82, 2.24) is 5.32 Å². The van der Waals surface area contributed by atoms with E-state index in [4.69, 9.17) is 10.5 Å². The van der Waals surface area contributed by atoms with E-state index in [2.05, 4.69) is 5.32 Å². The fourth-order valence-electron chi connectivity index (χ4n) is 1.85. The van der Waals surface area contributed by atoms with Gasteiger partial charge in [-0.3, -0.25) is 4.79 Å². The largest absolute Gasteiger partial charge is 0.381 e. The van der Waals surface area contributed by atoms with Crippen molar-refractivity contribution in [2.75, 3.05) is 25.5 Å². The number of hydrogen-bond donors (Lipinski definition) is 2. The Labute approximate surface area is 108 Å². The molecule has 0 aromatic heterocycles. The maximum atomic E-state index is 11.8. The van der Waals surface area contributed by atoms with Gasteiger partial charge in [-0.1, -0.05) is 0 Å². The van der Waals surface area contributed by atoms with E-state index in [0.717, 1.165) is 12.8 Å². The van der Waals surface area contributed by atoms with Gasteiger partial charge in [0.15, 0.2) is 9.84 Å². The summed E-state index contributed by atoms with van der Waals surface area (Å²) in [7, 11) is -3.40. The summed E-state index contributed by atoms with van der Waals surface area (Å²) in [6.45, 7) is 3.12. The Bertz CT molecular complexity index is 363. The van der Waals surface area contributed by atoms with Crippen LogP contribution in [0.4, 0.5) is 0 Å². The standard InChI is InChI=1S/C11H22N2O4S/c1-9(2-5-12)18(15,16)8-11(14)13-10-3-6-17-7-4-10/h9-10H,2-8,12H2,1H3,(H,13,14). The molecule has 0 radical (unpaired) electrons. The summed E-state index contributed by atoms with van der Waals surface area (Å²) in [6.07, 6.45) is 1.86. The van der Waals surface area contributed by atoms with E-state index in [1.54, 1.807) is 6.92 Å². The highest BCUT2D eigenvalue weighted by atomic mass is 32.2. The third-order valence-corrected chi connectivity index (χ3v) is 5.23. The number of sulfone groups is 1. The first-order valence-electron chi connectivity index (χ1n) is 6.24. The molecule has 3 N–H and O–H groups in total. The molecule has 0 aromatic carbocycles. The van der Waals surface area contributed by atoms with Gasteiger partial charge in [0.25, 0.3) is 0 Å². The normalized spacial score (nSPS) is 19.4. The lowest BCUT2D eigenvalue weighted by Crippen LogP contribution is -2.42. The molecule has 0 saturated carbocycles. The topological polar surface area (TPSA) is 98.5 Å². The molecular weight excluding hydrogens is 256 g/mol. The van der Waals surface area contributed by atoms with Crippen molar-refractivity contribution in [2.45, 2.75) is 37.5 Å². The molecule has 106 valence electrons. The van der Waals surface area contributed by atoms with Gasteiger partial charge in [-0.05, 0) is 32.7 Å². The fraction of sp³-hybridized carbons (Fsp3) is 0.909. The van der Waals surface area contributed by atoms with Crippen LogP contribution in [0.1, 0.15) is 26.2 Å². The highest BCUT2D eigenvalue weighted by Crippen LogP contribution is 2.08. The maximum absolute atomic E-state index is 11.8. The number of hydrogen-bond acceptors (Lipinski definition) is 5. The summed E-state index contributed by atoms with van der Waals surface area (Å²) in [4.78, 5) is 11.7. The third kappa shape index (κ3) is 4.91. The van der Waals surface area contributed by atoms with Gasteiger partial charge < -0.3 is 15.8 Å². The van der Waals surface area contributed by atoms with Crippen LogP contribution in [0.2, 0.25) is 0 Å². The number of carbonyl (C=O) groups is 1. The molecule has 1 amide bonds. The molecule has 1 rings (SSSR count). The second-order valence-electron chi connectivity index (χ2n) is 4.65. The number of rotatable bonds is 6. The molecule has 1 atom stereocenters. The van der Waals surface area contributed by atoms with E-state index in [-0.39, 0.29) is 6.04 Å². The predicted molar refractivity (Wildman–Crippen MR) is 68.9 cm³/mol. The van der Waals surface area contributed by atoms with E-state index in [0.29, 0.717) is 26.2 Å². The SMILES string of the molecule is CC(CCN)S(=O)(=O)CC(=O)NC1CCOCC1. The van der Waals surface area contributed by atoms with Gasteiger partial charge in [-0.25, -0.2) is 8.42 Å². The Hall–Kier alpha value is -0.660. The summed E-state index contributed by atoms with van der Waals surface area (Å²) >= 11 is 0. The van der Waals surface area contributed by atoms with Gasteiger partial charge in [0.2, 0.25) is 5.91 Å². The van der Waals surface area contributed by atoms with Gasteiger partial charge in [-0.15, -0.1) is 0 Å². The first kappa shape index (κ1) is 15.4. The molecule has 1 fully saturated rings. The molecule has 1 aliphatic rings. The van der Waals surface area contributed by atoms with Crippen molar-refractivity contribution < 1.29 is 17.9 Å². The van der Waals surface area contributed by atoms with E-state index in [9.17, 15) is 13.2 Å². The minimum atomic E-state index is -3.40. The molecular formula is C11H22N2O4S. The summed E-state index contributed by atoms with van der Waals surface area (Å²) in [5.74, 6) is -0.878. The van der Waals surface area contributed by atoms with Crippen LogP contribution in [0.3, 0.4) is 0 Å². The fourth-order valence-corrected chi connectivity index (χ4v) is 3.08. The zero-order chi connectivity index (χ0) is 13.6. The van der Waals surface area contributed by atoms with Crippen molar-refractivity contribution in [1.29, 1.82) is 0 Å². The second kappa shape index (κ2) is 7.06. The molecule has 18 heavy (non-hydrogen) atoms. The Morgan fingerprint density at radius 2 is 2.06 bits per heavy atom. The van der Waals surface area contributed by atoms with Crippen molar-refractivity contribution in [2.24, 2.45) is 5.73 Å². The molecule has 0 spiro atoms. The molecule has 0 aliphatic carbocycles. The molecule has 0 bridgehead atoms.